The second-order valence-electron chi connectivity index (χ2n) is 6.26. The molecule has 23 heavy (non-hydrogen) atoms. The Balaban J connectivity index is 0. The predicted octanol–water partition coefficient (Wildman–Crippen LogP) is 3.07. The molecule has 0 amide bonds. The molecule has 0 heterocycles. The maximum atomic E-state index is 11.8. The van der Waals surface area contributed by atoms with Crippen LogP contribution in [0.3, 0.4) is 0 Å². The molecule has 0 aromatic heterocycles. The Morgan fingerprint density at radius 1 is 1.30 bits per heavy atom. The van der Waals surface area contributed by atoms with Crippen molar-refractivity contribution in [2.24, 2.45) is 4.99 Å². The van der Waals surface area contributed by atoms with E-state index in [2.05, 4.69) is 21.8 Å². The zero-order valence-corrected chi connectivity index (χ0v) is 18.4. The van der Waals surface area contributed by atoms with Crippen LogP contribution in [0.15, 0.2) is 17.6 Å². The van der Waals surface area contributed by atoms with Crippen molar-refractivity contribution in [1.29, 1.82) is 0 Å². The number of nitrogens with zero attached hydrogens (tertiary/aromatic N) is 2. The van der Waals surface area contributed by atoms with Crippen LogP contribution < -0.4 is 5.32 Å². The van der Waals surface area contributed by atoms with Crippen LogP contribution in [-0.4, -0.2) is 57.0 Å². The molecule has 0 saturated heterocycles. The SMILES string of the molecule is C=CCCCCCN(C)C(=NCC(C)(C)S(C)(=O)=O)NCC.I. The zero-order chi connectivity index (χ0) is 17.2. The number of allylic oxidation sites excluding steroid dienone is 1. The number of hydrogen-bond donors (Lipinski definition) is 1. The van der Waals surface area contributed by atoms with Crippen molar-refractivity contribution in [3.63, 3.8) is 0 Å². The monoisotopic (exact) mass is 459 g/mol. The molecule has 0 atom stereocenters. The molecule has 0 rings (SSSR count). The third-order valence-electron chi connectivity index (χ3n) is 3.71. The van der Waals surface area contributed by atoms with Crippen LogP contribution in [0.25, 0.3) is 0 Å². The molecule has 0 aromatic rings. The van der Waals surface area contributed by atoms with Gasteiger partial charge in [-0.25, -0.2) is 8.42 Å². The van der Waals surface area contributed by atoms with Crippen molar-refractivity contribution in [2.75, 3.05) is 32.9 Å². The second-order valence-corrected chi connectivity index (χ2v) is 8.91. The summed E-state index contributed by atoms with van der Waals surface area (Å²) in [4.78, 5) is 6.57. The number of halogens is 1. The molecule has 0 aliphatic rings. The highest BCUT2D eigenvalue weighted by Crippen LogP contribution is 2.15. The van der Waals surface area contributed by atoms with E-state index in [0.717, 1.165) is 44.7 Å². The van der Waals surface area contributed by atoms with Gasteiger partial charge in [-0.3, -0.25) is 4.99 Å². The highest BCUT2D eigenvalue weighted by Gasteiger charge is 2.30. The summed E-state index contributed by atoms with van der Waals surface area (Å²) in [6.07, 6.45) is 7.67. The Morgan fingerprint density at radius 3 is 2.39 bits per heavy atom. The van der Waals surface area contributed by atoms with Gasteiger partial charge in [-0.15, -0.1) is 30.6 Å². The third-order valence-corrected chi connectivity index (χ3v) is 5.85. The van der Waals surface area contributed by atoms with Gasteiger partial charge in [-0.05, 0) is 40.0 Å². The molecular weight excluding hydrogens is 425 g/mol. The Labute approximate surface area is 159 Å². The summed E-state index contributed by atoms with van der Waals surface area (Å²) in [6.45, 7) is 11.1. The van der Waals surface area contributed by atoms with Crippen LogP contribution in [0.1, 0.15) is 46.5 Å². The first-order chi connectivity index (χ1) is 10.2. The zero-order valence-electron chi connectivity index (χ0n) is 15.3. The van der Waals surface area contributed by atoms with Crippen molar-refractivity contribution in [1.82, 2.24) is 10.2 Å². The molecule has 7 heteroatoms. The lowest BCUT2D eigenvalue weighted by molar-refractivity contribution is 0.453. The average molecular weight is 459 g/mol. The number of hydrogen-bond acceptors (Lipinski definition) is 3. The van der Waals surface area contributed by atoms with Crippen molar-refractivity contribution >= 4 is 39.8 Å². The maximum absolute atomic E-state index is 11.8. The number of sulfone groups is 1. The number of guanidine groups is 1. The van der Waals surface area contributed by atoms with Crippen molar-refractivity contribution in [3.8, 4) is 0 Å². The normalized spacial score (nSPS) is 12.5. The Kier molecular flexibility index (Phi) is 13.1. The Morgan fingerprint density at radius 2 is 1.91 bits per heavy atom. The summed E-state index contributed by atoms with van der Waals surface area (Å²) in [7, 11) is -1.14. The van der Waals surface area contributed by atoms with Gasteiger partial charge in [0.2, 0.25) is 0 Å². The molecule has 0 unspecified atom stereocenters. The lowest BCUT2D eigenvalue weighted by Crippen LogP contribution is -2.42. The van der Waals surface area contributed by atoms with E-state index in [-0.39, 0.29) is 30.5 Å². The summed E-state index contributed by atoms with van der Waals surface area (Å²) in [6, 6.07) is 0. The smallest absolute Gasteiger partial charge is 0.193 e. The van der Waals surface area contributed by atoms with Crippen LogP contribution in [-0.2, 0) is 9.84 Å². The van der Waals surface area contributed by atoms with E-state index in [4.69, 9.17) is 0 Å². The Hall–Kier alpha value is -0.310. The predicted molar refractivity (Wildman–Crippen MR) is 112 cm³/mol. The highest BCUT2D eigenvalue weighted by molar-refractivity contribution is 14.0. The van der Waals surface area contributed by atoms with Gasteiger partial charge in [0.25, 0.3) is 0 Å². The van der Waals surface area contributed by atoms with Gasteiger partial charge in [0.15, 0.2) is 15.8 Å². The first-order valence-corrected chi connectivity index (χ1v) is 9.84. The third kappa shape index (κ3) is 10.2. The summed E-state index contributed by atoms with van der Waals surface area (Å²) in [5, 5.41) is 3.22. The summed E-state index contributed by atoms with van der Waals surface area (Å²) in [5.41, 5.74) is 0. The van der Waals surface area contributed by atoms with Crippen molar-refractivity contribution in [3.05, 3.63) is 12.7 Å². The van der Waals surface area contributed by atoms with Crippen LogP contribution in [0.2, 0.25) is 0 Å². The molecule has 1 N–H and O–H groups in total. The number of unbranched alkanes of at least 4 members (excludes halogenated alkanes) is 3. The van der Waals surface area contributed by atoms with Gasteiger partial charge in [0.1, 0.15) is 0 Å². The summed E-state index contributed by atoms with van der Waals surface area (Å²) in [5.74, 6) is 0.767. The van der Waals surface area contributed by atoms with Crippen molar-refractivity contribution < 1.29 is 8.42 Å². The first-order valence-electron chi connectivity index (χ1n) is 7.95. The minimum Gasteiger partial charge on any atom is -0.357 e. The van der Waals surface area contributed by atoms with Gasteiger partial charge < -0.3 is 10.2 Å². The van der Waals surface area contributed by atoms with Gasteiger partial charge in [0.05, 0.1) is 11.3 Å². The van der Waals surface area contributed by atoms with Crippen molar-refractivity contribution in [2.45, 2.75) is 51.2 Å². The topological polar surface area (TPSA) is 61.8 Å². The van der Waals surface area contributed by atoms with E-state index < -0.39 is 14.6 Å². The fraction of sp³-hybridized carbons (Fsp3) is 0.812. The number of aliphatic imine (C=N–C) groups is 1. The number of nitrogens with one attached hydrogen (secondary N) is 1. The summed E-state index contributed by atoms with van der Waals surface area (Å²) >= 11 is 0. The van der Waals surface area contributed by atoms with E-state index in [1.165, 1.54) is 6.26 Å². The van der Waals surface area contributed by atoms with E-state index >= 15 is 0 Å². The van der Waals surface area contributed by atoms with E-state index in [1.807, 2.05) is 20.0 Å². The standard InChI is InChI=1S/C16H33N3O2S.HI/c1-7-9-10-11-12-13-19(5)15(17-8-2)18-14-16(3,4)22(6,20)21;/h7H,1,8-14H2,2-6H3,(H,17,18);1H. The molecule has 138 valence electrons. The van der Waals surface area contributed by atoms with Crippen LogP contribution in [0.5, 0.6) is 0 Å². The second kappa shape index (κ2) is 12.1. The lowest BCUT2D eigenvalue weighted by atomic mass is 10.2. The molecule has 0 spiro atoms. The minimum atomic E-state index is -3.13. The van der Waals surface area contributed by atoms with E-state index in [0.29, 0.717) is 0 Å². The quantitative estimate of drug-likeness (QED) is 0.179. The first kappa shape index (κ1) is 24.9. The lowest BCUT2D eigenvalue weighted by Gasteiger charge is -2.25. The van der Waals surface area contributed by atoms with Crippen LogP contribution in [0, 0.1) is 0 Å². The molecule has 5 nitrogen and oxygen atoms in total. The molecule has 0 aliphatic heterocycles. The minimum absolute atomic E-state index is 0. The average Bonchev–Trinajstić information content (AvgIpc) is 2.41. The van der Waals surface area contributed by atoms with Gasteiger partial charge in [-0.2, -0.15) is 0 Å². The number of rotatable bonds is 10. The van der Waals surface area contributed by atoms with E-state index in [1.54, 1.807) is 13.8 Å². The fourth-order valence-electron chi connectivity index (χ4n) is 1.77. The summed E-state index contributed by atoms with van der Waals surface area (Å²) < 4.78 is 22.7. The molecule has 0 bridgehead atoms. The molecular formula is C16H34IN3O2S. The Bertz CT molecular complexity index is 462. The molecule has 0 fully saturated rings. The fourth-order valence-corrected chi connectivity index (χ4v) is 2.07. The van der Waals surface area contributed by atoms with Crippen LogP contribution >= 0.6 is 24.0 Å². The maximum Gasteiger partial charge on any atom is 0.193 e. The van der Waals surface area contributed by atoms with Crippen LogP contribution in [0.4, 0.5) is 0 Å². The molecule has 0 saturated carbocycles. The van der Waals surface area contributed by atoms with Gasteiger partial charge in [-0.1, -0.05) is 12.5 Å². The van der Waals surface area contributed by atoms with E-state index in [9.17, 15) is 8.42 Å². The van der Waals surface area contributed by atoms with Gasteiger partial charge in [0, 0.05) is 26.4 Å². The highest BCUT2D eigenvalue weighted by atomic mass is 127. The molecule has 0 radical (unpaired) electrons. The largest absolute Gasteiger partial charge is 0.357 e. The van der Waals surface area contributed by atoms with Gasteiger partial charge >= 0.3 is 0 Å². The molecule has 0 aromatic carbocycles. The molecule has 0 aliphatic carbocycles.